The highest BCUT2D eigenvalue weighted by Crippen LogP contribution is 2.29. The van der Waals surface area contributed by atoms with Crippen LogP contribution in [0.4, 0.5) is 0 Å². The lowest BCUT2D eigenvalue weighted by Gasteiger charge is -2.40. The van der Waals surface area contributed by atoms with E-state index < -0.39 is 5.60 Å². The third-order valence-electron chi connectivity index (χ3n) is 5.18. The topological polar surface area (TPSA) is 78.6 Å². The van der Waals surface area contributed by atoms with Gasteiger partial charge >= 0.3 is 0 Å². The molecule has 6 heteroatoms. The molecule has 0 unspecified atom stereocenters. The van der Waals surface area contributed by atoms with E-state index in [-0.39, 0.29) is 11.9 Å². The predicted octanol–water partition coefficient (Wildman–Crippen LogP) is 1.87. The number of amides is 1. The van der Waals surface area contributed by atoms with Gasteiger partial charge in [-0.15, -0.1) is 0 Å². The van der Waals surface area contributed by atoms with Crippen LogP contribution in [0.1, 0.15) is 61.2 Å². The lowest BCUT2D eigenvalue weighted by molar-refractivity contribution is -0.0312. The quantitative estimate of drug-likeness (QED) is 0.885. The SMILES string of the molecule is Cc1ocnc1C(=O)NC1CCN(CC2(O)CCCCC2)CC1. The monoisotopic (exact) mass is 321 g/mol. The highest BCUT2D eigenvalue weighted by Gasteiger charge is 2.33. The minimum atomic E-state index is -0.494. The zero-order chi connectivity index (χ0) is 16.3. The molecule has 2 fully saturated rings. The summed E-state index contributed by atoms with van der Waals surface area (Å²) in [5.74, 6) is 0.403. The largest absolute Gasteiger partial charge is 0.448 e. The van der Waals surface area contributed by atoms with Crippen molar-refractivity contribution in [3.8, 4) is 0 Å². The molecule has 1 aliphatic carbocycles. The lowest BCUT2D eigenvalue weighted by atomic mass is 9.84. The molecule has 128 valence electrons. The number of oxazole rings is 1. The number of aryl methyl sites for hydroxylation is 1. The third-order valence-corrected chi connectivity index (χ3v) is 5.18. The molecular weight excluding hydrogens is 294 g/mol. The Morgan fingerprint density at radius 2 is 2.09 bits per heavy atom. The number of rotatable bonds is 4. The molecule has 1 aromatic rings. The zero-order valence-electron chi connectivity index (χ0n) is 13.9. The van der Waals surface area contributed by atoms with Gasteiger partial charge < -0.3 is 19.7 Å². The number of piperidine rings is 1. The van der Waals surface area contributed by atoms with E-state index in [0.29, 0.717) is 11.5 Å². The van der Waals surface area contributed by atoms with Crippen LogP contribution in [0.3, 0.4) is 0 Å². The maximum atomic E-state index is 12.2. The number of β-amino-alcohol motifs (C(OH)–C–C–N with tert-alkyl or cyclic N) is 1. The number of hydrogen-bond donors (Lipinski definition) is 2. The van der Waals surface area contributed by atoms with E-state index in [1.165, 1.54) is 12.8 Å². The summed E-state index contributed by atoms with van der Waals surface area (Å²) >= 11 is 0. The number of carbonyl (C=O) groups excluding carboxylic acids is 1. The van der Waals surface area contributed by atoms with Gasteiger partial charge in [0.15, 0.2) is 12.1 Å². The van der Waals surface area contributed by atoms with Gasteiger partial charge in [0, 0.05) is 25.7 Å². The normalized spacial score (nSPS) is 22.9. The van der Waals surface area contributed by atoms with Crippen molar-refractivity contribution in [2.75, 3.05) is 19.6 Å². The number of aliphatic hydroxyl groups is 1. The van der Waals surface area contributed by atoms with Crippen LogP contribution in [0.25, 0.3) is 0 Å². The maximum Gasteiger partial charge on any atom is 0.273 e. The number of aromatic nitrogens is 1. The highest BCUT2D eigenvalue weighted by atomic mass is 16.3. The summed E-state index contributed by atoms with van der Waals surface area (Å²) < 4.78 is 5.08. The van der Waals surface area contributed by atoms with Crippen molar-refractivity contribution in [1.29, 1.82) is 0 Å². The molecular formula is C17H27N3O3. The second-order valence-corrected chi connectivity index (χ2v) is 7.07. The Labute approximate surface area is 137 Å². The summed E-state index contributed by atoms with van der Waals surface area (Å²) in [4.78, 5) is 18.5. The first-order chi connectivity index (χ1) is 11.1. The number of carbonyl (C=O) groups is 1. The average molecular weight is 321 g/mol. The van der Waals surface area contributed by atoms with E-state index in [1.54, 1.807) is 6.92 Å². The molecule has 0 bridgehead atoms. The van der Waals surface area contributed by atoms with Gasteiger partial charge in [-0.25, -0.2) is 4.98 Å². The van der Waals surface area contributed by atoms with Crippen LogP contribution in [0, 0.1) is 6.92 Å². The van der Waals surface area contributed by atoms with Crippen LogP contribution in [-0.4, -0.2) is 52.2 Å². The van der Waals surface area contributed by atoms with E-state index in [2.05, 4.69) is 15.2 Å². The van der Waals surface area contributed by atoms with Crippen molar-refractivity contribution in [1.82, 2.24) is 15.2 Å². The molecule has 2 heterocycles. The third kappa shape index (κ3) is 4.12. The van der Waals surface area contributed by atoms with E-state index in [9.17, 15) is 9.90 Å². The van der Waals surface area contributed by atoms with E-state index >= 15 is 0 Å². The molecule has 6 nitrogen and oxygen atoms in total. The molecule has 0 radical (unpaired) electrons. The number of nitrogens with zero attached hydrogens (tertiary/aromatic N) is 2. The van der Waals surface area contributed by atoms with Crippen LogP contribution < -0.4 is 5.32 Å². The summed E-state index contributed by atoms with van der Waals surface area (Å²) in [6.45, 7) is 4.36. The first-order valence-corrected chi connectivity index (χ1v) is 8.71. The Balaban J connectivity index is 1.45. The second kappa shape index (κ2) is 7.01. The van der Waals surface area contributed by atoms with Crippen LogP contribution in [0.2, 0.25) is 0 Å². The van der Waals surface area contributed by atoms with E-state index in [1.807, 2.05) is 0 Å². The molecule has 1 aromatic heterocycles. The van der Waals surface area contributed by atoms with Gasteiger partial charge in [0.25, 0.3) is 5.91 Å². The molecule has 0 spiro atoms. The molecule has 1 saturated heterocycles. The molecule has 3 rings (SSSR count). The minimum Gasteiger partial charge on any atom is -0.448 e. The number of hydrogen-bond acceptors (Lipinski definition) is 5. The van der Waals surface area contributed by atoms with E-state index in [4.69, 9.17) is 4.42 Å². The fraction of sp³-hybridized carbons (Fsp3) is 0.765. The van der Waals surface area contributed by atoms with Crippen molar-refractivity contribution < 1.29 is 14.3 Å². The molecule has 1 aliphatic heterocycles. The summed E-state index contributed by atoms with van der Waals surface area (Å²) in [5.41, 5.74) is -0.115. The molecule has 0 atom stereocenters. The van der Waals surface area contributed by atoms with Gasteiger partial charge in [-0.2, -0.15) is 0 Å². The Morgan fingerprint density at radius 1 is 1.39 bits per heavy atom. The van der Waals surface area contributed by atoms with Crippen LogP contribution in [-0.2, 0) is 0 Å². The molecule has 2 N–H and O–H groups in total. The molecule has 0 aromatic carbocycles. The van der Waals surface area contributed by atoms with Crippen molar-refractivity contribution in [3.63, 3.8) is 0 Å². The average Bonchev–Trinajstić information content (AvgIpc) is 2.96. The number of nitrogens with one attached hydrogen (secondary N) is 1. The van der Waals surface area contributed by atoms with Crippen LogP contribution in [0.15, 0.2) is 10.8 Å². The Kier molecular flexibility index (Phi) is 5.02. The van der Waals surface area contributed by atoms with Crippen LogP contribution in [0.5, 0.6) is 0 Å². The summed E-state index contributed by atoms with van der Waals surface area (Å²) in [5, 5.41) is 13.7. The van der Waals surface area contributed by atoms with Gasteiger partial charge in [-0.05, 0) is 32.6 Å². The Morgan fingerprint density at radius 3 is 2.70 bits per heavy atom. The van der Waals surface area contributed by atoms with Crippen molar-refractivity contribution in [2.45, 2.75) is 63.5 Å². The smallest absolute Gasteiger partial charge is 0.273 e. The van der Waals surface area contributed by atoms with Crippen molar-refractivity contribution >= 4 is 5.91 Å². The molecule has 1 amide bonds. The molecule has 1 saturated carbocycles. The fourth-order valence-corrected chi connectivity index (χ4v) is 3.80. The predicted molar refractivity (Wildman–Crippen MR) is 86.2 cm³/mol. The van der Waals surface area contributed by atoms with Gasteiger partial charge in [0.1, 0.15) is 5.76 Å². The zero-order valence-corrected chi connectivity index (χ0v) is 13.9. The van der Waals surface area contributed by atoms with Gasteiger partial charge in [0.05, 0.1) is 5.60 Å². The van der Waals surface area contributed by atoms with Crippen molar-refractivity contribution in [3.05, 3.63) is 17.8 Å². The van der Waals surface area contributed by atoms with Gasteiger partial charge in [-0.1, -0.05) is 19.3 Å². The Bertz CT molecular complexity index is 529. The maximum absolute atomic E-state index is 12.2. The highest BCUT2D eigenvalue weighted by molar-refractivity contribution is 5.93. The molecule has 2 aliphatic rings. The molecule has 23 heavy (non-hydrogen) atoms. The first-order valence-electron chi connectivity index (χ1n) is 8.71. The minimum absolute atomic E-state index is 0.152. The first kappa shape index (κ1) is 16.5. The van der Waals surface area contributed by atoms with Gasteiger partial charge in [-0.3, -0.25) is 4.79 Å². The summed E-state index contributed by atoms with van der Waals surface area (Å²) in [6.07, 6.45) is 8.51. The lowest BCUT2D eigenvalue weighted by Crippen LogP contribution is -2.50. The van der Waals surface area contributed by atoms with Crippen molar-refractivity contribution in [2.24, 2.45) is 0 Å². The van der Waals surface area contributed by atoms with E-state index in [0.717, 1.165) is 58.2 Å². The standard InChI is InChI=1S/C17H27N3O3/c1-13-15(18-12-23-13)16(21)19-14-5-9-20(10-6-14)11-17(22)7-3-2-4-8-17/h12,14,22H,2-11H2,1H3,(H,19,21). The summed E-state index contributed by atoms with van der Waals surface area (Å²) in [7, 11) is 0. The summed E-state index contributed by atoms with van der Waals surface area (Å²) in [6, 6.07) is 0.177. The van der Waals surface area contributed by atoms with Crippen LogP contribution >= 0.6 is 0 Å². The fourth-order valence-electron chi connectivity index (χ4n) is 3.80. The second-order valence-electron chi connectivity index (χ2n) is 7.07. The van der Waals surface area contributed by atoms with Gasteiger partial charge in [0.2, 0.25) is 0 Å². The number of likely N-dealkylation sites (tertiary alicyclic amines) is 1. The Hall–Kier alpha value is -1.40.